The van der Waals surface area contributed by atoms with Gasteiger partial charge < -0.3 is 9.80 Å². The molecular weight excluding hydrogens is 332 g/mol. The minimum atomic E-state index is 0.0515. The van der Waals surface area contributed by atoms with Gasteiger partial charge in [0.25, 0.3) is 0 Å². The lowest BCUT2D eigenvalue weighted by molar-refractivity contribution is -0.126. The van der Waals surface area contributed by atoms with Crippen LogP contribution >= 0.6 is 11.3 Å². The van der Waals surface area contributed by atoms with Gasteiger partial charge in [-0.3, -0.25) is 9.59 Å². The second kappa shape index (κ2) is 6.84. The molecule has 0 radical (unpaired) electrons. The van der Waals surface area contributed by atoms with Crippen molar-refractivity contribution in [2.24, 2.45) is 0 Å². The first-order chi connectivity index (χ1) is 12.2. The topological polar surface area (TPSA) is 40.6 Å². The molecule has 0 aliphatic carbocycles. The highest BCUT2D eigenvalue weighted by atomic mass is 32.1. The molecule has 2 aromatic rings. The van der Waals surface area contributed by atoms with Gasteiger partial charge in [-0.15, -0.1) is 11.3 Å². The fourth-order valence-corrected chi connectivity index (χ4v) is 4.29. The molecule has 0 bridgehead atoms. The Morgan fingerprint density at radius 3 is 2.68 bits per heavy atom. The zero-order valence-electron chi connectivity index (χ0n) is 14.0. The van der Waals surface area contributed by atoms with E-state index in [2.05, 4.69) is 11.4 Å². The largest absolute Gasteiger partial charge is 0.334 e. The summed E-state index contributed by atoms with van der Waals surface area (Å²) < 4.78 is 0. The molecule has 4 nitrogen and oxygen atoms in total. The van der Waals surface area contributed by atoms with E-state index >= 15 is 0 Å². The van der Waals surface area contributed by atoms with Crippen molar-refractivity contribution >= 4 is 34.9 Å². The van der Waals surface area contributed by atoms with Crippen molar-refractivity contribution in [3.63, 3.8) is 0 Å². The highest BCUT2D eigenvalue weighted by molar-refractivity contribution is 7.10. The number of carbonyl (C=O) groups is 2. The van der Waals surface area contributed by atoms with Crippen molar-refractivity contribution < 1.29 is 9.59 Å². The number of amides is 2. The lowest BCUT2D eigenvalue weighted by atomic mass is 10.1. The predicted octanol–water partition coefficient (Wildman–Crippen LogP) is 3.47. The van der Waals surface area contributed by atoms with Crippen LogP contribution in [-0.2, 0) is 22.6 Å². The van der Waals surface area contributed by atoms with E-state index in [-0.39, 0.29) is 11.8 Å². The number of hydrogen-bond donors (Lipinski definition) is 0. The standard InChI is InChI=1S/C20H20N2O2S/c23-19(21-12-9-18-16(14-21)10-13-25-18)8-5-15-3-6-17(7-4-15)22-11-1-2-20(22)24/h3-8,10,13H,1-2,9,11-12,14H2/b8-5+. The van der Waals surface area contributed by atoms with Gasteiger partial charge in [-0.05, 0) is 53.6 Å². The Morgan fingerprint density at radius 1 is 1.08 bits per heavy atom. The molecule has 1 aromatic heterocycles. The van der Waals surface area contributed by atoms with Crippen molar-refractivity contribution in [2.75, 3.05) is 18.0 Å². The third kappa shape index (κ3) is 3.37. The fourth-order valence-electron chi connectivity index (χ4n) is 3.40. The Kier molecular flexibility index (Phi) is 4.40. The van der Waals surface area contributed by atoms with E-state index < -0.39 is 0 Å². The lowest BCUT2D eigenvalue weighted by Crippen LogP contribution is -2.34. The number of fused-ring (bicyclic) bond motifs is 1. The van der Waals surface area contributed by atoms with E-state index in [1.54, 1.807) is 17.4 Å². The smallest absolute Gasteiger partial charge is 0.246 e. The highest BCUT2D eigenvalue weighted by Crippen LogP contribution is 2.24. The van der Waals surface area contributed by atoms with E-state index in [4.69, 9.17) is 0 Å². The number of carbonyl (C=O) groups excluding carboxylic acids is 2. The monoisotopic (exact) mass is 352 g/mol. The van der Waals surface area contributed by atoms with Crippen LogP contribution in [0.15, 0.2) is 41.8 Å². The molecule has 0 N–H and O–H groups in total. The van der Waals surface area contributed by atoms with Gasteiger partial charge in [0.05, 0.1) is 0 Å². The second-order valence-corrected chi connectivity index (χ2v) is 7.45. The third-order valence-corrected chi connectivity index (χ3v) is 5.84. The molecule has 0 spiro atoms. The molecular formula is C20H20N2O2S. The van der Waals surface area contributed by atoms with E-state index in [1.165, 1.54) is 10.4 Å². The van der Waals surface area contributed by atoms with Gasteiger partial charge in [0, 0.05) is 42.7 Å². The average molecular weight is 352 g/mol. The van der Waals surface area contributed by atoms with Gasteiger partial charge in [0.1, 0.15) is 0 Å². The Labute approximate surface area is 151 Å². The van der Waals surface area contributed by atoms with Gasteiger partial charge >= 0.3 is 0 Å². The molecule has 5 heteroatoms. The summed E-state index contributed by atoms with van der Waals surface area (Å²) in [5, 5.41) is 2.10. The maximum Gasteiger partial charge on any atom is 0.246 e. The first-order valence-corrected chi connectivity index (χ1v) is 9.51. The first kappa shape index (κ1) is 16.1. The number of thiophene rings is 1. The van der Waals surface area contributed by atoms with E-state index in [0.29, 0.717) is 13.0 Å². The Hall–Kier alpha value is -2.40. The zero-order valence-corrected chi connectivity index (χ0v) is 14.8. The molecule has 3 heterocycles. The summed E-state index contributed by atoms with van der Waals surface area (Å²) in [6.07, 6.45) is 6.01. The van der Waals surface area contributed by atoms with Crippen LogP contribution in [0, 0.1) is 0 Å². The molecule has 0 atom stereocenters. The summed E-state index contributed by atoms with van der Waals surface area (Å²) in [6.45, 7) is 2.29. The average Bonchev–Trinajstić information content (AvgIpc) is 3.28. The molecule has 2 amide bonds. The molecule has 1 fully saturated rings. The Morgan fingerprint density at radius 2 is 1.92 bits per heavy atom. The Balaban J connectivity index is 1.40. The summed E-state index contributed by atoms with van der Waals surface area (Å²) >= 11 is 1.78. The molecule has 0 unspecified atom stereocenters. The number of hydrogen-bond acceptors (Lipinski definition) is 3. The number of nitrogens with zero attached hydrogens (tertiary/aromatic N) is 2. The normalized spacial score (nSPS) is 17.4. The molecule has 2 aliphatic rings. The maximum absolute atomic E-state index is 12.4. The molecule has 1 aromatic carbocycles. The predicted molar refractivity (Wildman–Crippen MR) is 101 cm³/mol. The SMILES string of the molecule is O=C(/C=C/c1ccc(N2CCCC2=O)cc1)N1CCc2sccc2C1. The van der Waals surface area contributed by atoms with Crippen LogP contribution in [0.1, 0.15) is 28.8 Å². The Bertz CT molecular complexity index is 822. The zero-order chi connectivity index (χ0) is 17.2. The van der Waals surface area contributed by atoms with Gasteiger partial charge in [-0.2, -0.15) is 0 Å². The van der Waals surface area contributed by atoms with E-state index in [0.717, 1.165) is 37.2 Å². The van der Waals surface area contributed by atoms with Gasteiger partial charge in [0.15, 0.2) is 0 Å². The van der Waals surface area contributed by atoms with Crippen LogP contribution in [0.3, 0.4) is 0 Å². The molecule has 4 rings (SSSR count). The summed E-state index contributed by atoms with van der Waals surface area (Å²) in [5.41, 5.74) is 3.18. The number of rotatable bonds is 3. The first-order valence-electron chi connectivity index (χ1n) is 8.63. The third-order valence-electron chi connectivity index (χ3n) is 4.82. The van der Waals surface area contributed by atoms with Crippen LogP contribution < -0.4 is 4.90 Å². The number of benzene rings is 1. The molecule has 128 valence electrons. The van der Waals surface area contributed by atoms with Gasteiger partial charge in [-0.1, -0.05) is 12.1 Å². The van der Waals surface area contributed by atoms with Crippen molar-refractivity contribution in [2.45, 2.75) is 25.8 Å². The van der Waals surface area contributed by atoms with Crippen molar-refractivity contribution in [3.05, 3.63) is 57.8 Å². The van der Waals surface area contributed by atoms with E-state index in [1.807, 2.05) is 40.1 Å². The summed E-state index contributed by atoms with van der Waals surface area (Å²) in [7, 11) is 0. The molecule has 25 heavy (non-hydrogen) atoms. The highest BCUT2D eigenvalue weighted by Gasteiger charge is 2.21. The van der Waals surface area contributed by atoms with Gasteiger partial charge in [0.2, 0.25) is 11.8 Å². The summed E-state index contributed by atoms with van der Waals surface area (Å²) in [6, 6.07) is 9.93. The fraction of sp³-hybridized carbons (Fsp3) is 0.300. The molecule has 1 saturated heterocycles. The van der Waals surface area contributed by atoms with Crippen molar-refractivity contribution in [1.82, 2.24) is 4.90 Å². The minimum absolute atomic E-state index is 0.0515. The lowest BCUT2D eigenvalue weighted by Gasteiger charge is -2.25. The van der Waals surface area contributed by atoms with Crippen LogP contribution in [0.25, 0.3) is 6.08 Å². The maximum atomic E-state index is 12.4. The van der Waals surface area contributed by atoms with Crippen LogP contribution in [0.5, 0.6) is 0 Å². The minimum Gasteiger partial charge on any atom is -0.334 e. The quantitative estimate of drug-likeness (QED) is 0.794. The van der Waals surface area contributed by atoms with Crippen LogP contribution in [-0.4, -0.2) is 29.8 Å². The van der Waals surface area contributed by atoms with E-state index in [9.17, 15) is 9.59 Å². The van der Waals surface area contributed by atoms with Gasteiger partial charge in [-0.25, -0.2) is 0 Å². The summed E-state index contributed by atoms with van der Waals surface area (Å²) in [4.78, 5) is 29.3. The van der Waals surface area contributed by atoms with Crippen molar-refractivity contribution in [1.29, 1.82) is 0 Å². The van der Waals surface area contributed by atoms with Crippen LogP contribution in [0.4, 0.5) is 5.69 Å². The second-order valence-electron chi connectivity index (χ2n) is 6.45. The molecule has 0 saturated carbocycles. The molecule has 2 aliphatic heterocycles. The van der Waals surface area contributed by atoms with Crippen LogP contribution in [0.2, 0.25) is 0 Å². The summed E-state index contributed by atoms with van der Waals surface area (Å²) in [5.74, 6) is 0.243. The number of anilines is 1. The van der Waals surface area contributed by atoms with Crippen molar-refractivity contribution in [3.8, 4) is 0 Å².